The average molecular weight is 1050 g/mol. The molecule has 0 atom stereocenters. The maximum atomic E-state index is 10.9. The van der Waals surface area contributed by atoms with Crippen LogP contribution in [0.15, 0.2) is 301 Å². The van der Waals surface area contributed by atoms with Crippen LogP contribution in [0.4, 0.5) is 0 Å². The molecule has 6 heteroatoms. The summed E-state index contributed by atoms with van der Waals surface area (Å²) in [7, 11) is 0. The third-order valence-corrected chi connectivity index (χ3v) is 15.7. The van der Waals surface area contributed by atoms with Gasteiger partial charge in [-0.2, -0.15) is 5.26 Å². The molecule has 0 bridgehead atoms. The number of nitrogens with two attached hydrogens (primary N) is 1. The zero-order valence-corrected chi connectivity index (χ0v) is 44.7. The second-order valence-corrected chi connectivity index (χ2v) is 20.6. The molecule has 0 radical (unpaired) electrons. The lowest BCUT2D eigenvalue weighted by atomic mass is 9.95. The molecule has 0 amide bonds. The number of amidine groups is 2. The molecule has 386 valence electrons. The van der Waals surface area contributed by atoms with Crippen LogP contribution >= 0.6 is 0 Å². The fraction of sp³-hybridized carbons (Fsp3) is 0.0132. The van der Waals surface area contributed by atoms with Crippen LogP contribution in [0.2, 0.25) is 0 Å². The van der Waals surface area contributed by atoms with E-state index < -0.39 is 0 Å². The Morgan fingerprint density at radius 3 is 1.20 bits per heavy atom. The number of rotatable bonds is 11. The van der Waals surface area contributed by atoms with E-state index in [-0.39, 0.29) is 6.54 Å². The molecule has 14 rings (SSSR count). The van der Waals surface area contributed by atoms with Crippen molar-refractivity contribution in [1.82, 2.24) is 9.13 Å². The summed E-state index contributed by atoms with van der Waals surface area (Å²) in [4.78, 5) is 10.5. The molecule has 0 saturated heterocycles. The van der Waals surface area contributed by atoms with Crippen LogP contribution in [0.1, 0.15) is 22.3 Å². The average Bonchev–Trinajstić information content (AvgIpc) is 4.11. The smallest absolute Gasteiger partial charge is 0.157 e. The van der Waals surface area contributed by atoms with Gasteiger partial charge in [-0.3, -0.25) is 4.99 Å². The summed E-state index contributed by atoms with van der Waals surface area (Å²) < 4.78 is 4.81. The first kappa shape index (κ1) is 49.2. The van der Waals surface area contributed by atoms with Crippen LogP contribution in [0.5, 0.6) is 0 Å². The predicted octanol–water partition coefficient (Wildman–Crippen LogP) is 18.4. The van der Waals surface area contributed by atoms with Crippen LogP contribution < -0.4 is 5.73 Å². The Bertz CT molecular complexity index is 4610. The number of nitrogens with zero attached hydrogens (tertiary/aromatic N) is 5. The lowest BCUT2D eigenvalue weighted by Gasteiger charge is -2.21. The van der Waals surface area contributed by atoms with Crippen LogP contribution in [0, 0.1) is 11.3 Å². The zero-order chi connectivity index (χ0) is 54.9. The molecule has 0 saturated carbocycles. The molecule has 0 aliphatic carbocycles. The first-order chi connectivity index (χ1) is 40.5. The van der Waals surface area contributed by atoms with Crippen molar-refractivity contribution in [3.8, 4) is 73.1 Å². The first-order valence-electron chi connectivity index (χ1n) is 27.6. The number of para-hydroxylation sites is 1. The molecule has 0 fully saturated rings. The highest BCUT2D eigenvalue weighted by Gasteiger charge is 2.25. The van der Waals surface area contributed by atoms with Gasteiger partial charge in [0.15, 0.2) is 5.84 Å². The van der Waals surface area contributed by atoms with E-state index >= 15 is 0 Å². The number of aliphatic imine (C=N–C) groups is 2. The maximum absolute atomic E-state index is 10.9. The SMILES string of the molecule is N#Cc1ccc(-n2c3ccc(-c4ccccc4)cc3c3cc(-c4ccccc4)ccc32)c(-c2cccc(C/N=C(\N=C(/N)c3ccccc3)c3ccccc3)c2-n2c3ccc(-c4ccccc4)cc3c3cc(-c4ccccc4)ccc32)c1. The van der Waals surface area contributed by atoms with Crippen molar-refractivity contribution >= 4 is 55.3 Å². The maximum Gasteiger partial charge on any atom is 0.157 e. The van der Waals surface area contributed by atoms with Gasteiger partial charge in [0.1, 0.15) is 5.84 Å². The largest absolute Gasteiger partial charge is 0.383 e. The van der Waals surface area contributed by atoms with E-state index in [2.05, 4.69) is 240 Å². The van der Waals surface area contributed by atoms with E-state index in [0.29, 0.717) is 17.2 Å². The first-order valence-corrected chi connectivity index (χ1v) is 27.6. The van der Waals surface area contributed by atoms with Crippen molar-refractivity contribution in [3.63, 3.8) is 0 Å². The third kappa shape index (κ3) is 9.08. The second kappa shape index (κ2) is 21.3. The van der Waals surface area contributed by atoms with Crippen LogP contribution in [0.3, 0.4) is 0 Å². The number of fused-ring (bicyclic) bond motifs is 6. The molecular formula is C76H52N6. The van der Waals surface area contributed by atoms with Gasteiger partial charge < -0.3 is 14.9 Å². The number of aromatic nitrogens is 2. The highest BCUT2D eigenvalue weighted by Crippen LogP contribution is 2.45. The van der Waals surface area contributed by atoms with Gasteiger partial charge in [-0.15, -0.1) is 0 Å². The van der Waals surface area contributed by atoms with Gasteiger partial charge >= 0.3 is 0 Å². The molecule has 0 aliphatic heterocycles. The number of hydrogen-bond acceptors (Lipinski definition) is 2. The monoisotopic (exact) mass is 1050 g/mol. The quantitative estimate of drug-likeness (QED) is 0.103. The number of nitriles is 1. The van der Waals surface area contributed by atoms with E-state index in [9.17, 15) is 5.26 Å². The molecule has 0 spiro atoms. The Labute approximate surface area is 475 Å². The van der Waals surface area contributed by atoms with Crippen molar-refractivity contribution in [2.75, 3.05) is 0 Å². The fourth-order valence-electron chi connectivity index (χ4n) is 11.7. The summed E-state index contributed by atoms with van der Waals surface area (Å²) >= 11 is 0. The molecule has 0 unspecified atom stereocenters. The van der Waals surface area contributed by atoms with Gasteiger partial charge in [0.05, 0.1) is 51.6 Å². The molecule has 2 aromatic heterocycles. The Morgan fingerprint density at radius 2 is 0.768 bits per heavy atom. The highest BCUT2D eigenvalue weighted by atomic mass is 15.0. The van der Waals surface area contributed by atoms with Gasteiger partial charge in [0.25, 0.3) is 0 Å². The minimum Gasteiger partial charge on any atom is -0.383 e. The van der Waals surface area contributed by atoms with E-state index in [4.69, 9.17) is 15.7 Å². The highest BCUT2D eigenvalue weighted by molar-refractivity contribution is 6.15. The fourth-order valence-corrected chi connectivity index (χ4v) is 11.7. The summed E-state index contributed by atoms with van der Waals surface area (Å²) in [6.07, 6.45) is 0. The van der Waals surface area contributed by atoms with E-state index in [0.717, 1.165) is 127 Å². The van der Waals surface area contributed by atoms with E-state index in [1.165, 1.54) is 0 Å². The standard InChI is InChI=1S/C76H52N6/c77-49-51-34-39-69(81-70-40-35-58(52-20-7-1-8-21-52)45-65(70)66-46-59(36-41-71(66)81)53-22-9-2-10-23-53)64(44-51)63-33-19-32-62(50-79-76(57-30-17-6-18-31-57)80-75(78)56-28-15-5-16-29-56)74(63)82-72-42-37-60(54-24-11-3-12-25-54)47-67(72)68-48-61(38-43-73(68)82)55-26-13-4-14-27-55/h1-48H,50H2,(H2,78,79,80). The van der Waals surface area contributed by atoms with Crippen molar-refractivity contribution < 1.29 is 0 Å². The van der Waals surface area contributed by atoms with Gasteiger partial charge in [-0.1, -0.05) is 224 Å². The summed E-state index contributed by atoms with van der Waals surface area (Å²) in [5.74, 6) is 0.890. The van der Waals surface area contributed by atoms with Crippen molar-refractivity contribution in [2.45, 2.75) is 6.54 Å². The third-order valence-electron chi connectivity index (χ3n) is 15.7. The minimum atomic E-state index is 0.248. The number of benzene rings is 12. The topological polar surface area (TPSA) is 84.4 Å². The summed E-state index contributed by atoms with van der Waals surface area (Å²) in [6, 6.07) is 105. The van der Waals surface area contributed by atoms with Gasteiger partial charge in [-0.25, -0.2) is 4.99 Å². The lowest BCUT2D eigenvalue weighted by molar-refractivity contribution is 1.02. The van der Waals surface area contributed by atoms with Crippen molar-refractivity contribution in [3.05, 3.63) is 313 Å². The Balaban J connectivity index is 1.06. The Hall–Kier alpha value is -11.1. The molecule has 0 aliphatic rings. The van der Waals surface area contributed by atoms with E-state index in [1.54, 1.807) is 0 Å². The summed E-state index contributed by atoms with van der Waals surface area (Å²) in [5.41, 5.74) is 26.9. The van der Waals surface area contributed by atoms with Crippen LogP contribution in [-0.2, 0) is 6.54 Å². The Morgan fingerprint density at radius 1 is 0.366 bits per heavy atom. The van der Waals surface area contributed by atoms with Crippen LogP contribution in [0.25, 0.3) is 111 Å². The molecule has 6 nitrogen and oxygen atoms in total. The molecular weight excluding hydrogens is 997 g/mol. The molecule has 2 heterocycles. The molecule has 2 N–H and O–H groups in total. The van der Waals surface area contributed by atoms with Gasteiger partial charge in [0.2, 0.25) is 0 Å². The summed E-state index contributed by atoms with van der Waals surface area (Å²) in [5, 5.41) is 15.4. The second-order valence-electron chi connectivity index (χ2n) is 20.6. The minimum absolute atomic E-state index is 0.248. The normalized spacial score (nSPS) is 11.9. The van der Waals surface area contributed by atoms with Crippen LogP contribution in [-0.4, -0.2) is 20.8 Å². The predicted molar refractivity (Wildman–Crippen MR) is 341 cm³/mol. The van der Waals surface area contributed by atoms with Gasteiger partial charge in [0, 0.05) is 43.8 Å². The molecule has 14 aromatic rings. The number of hydrogen-bond donors (Lipinski definition) is 1. The Kier molecular flexibility index (Phi) is 12.7. The lowest BCUT2D eigenvalue weighted by Crippen LogP contribution is -2.16. The van der Waals surface area contributed by atoms with Crippen molar-refractivity contribution in [1.29, 1.82) is 5.26 Å². The van der Waals surface area contributed by atoms with Gasteiger partial charge in [-0.05, 0) is 117 Å². The summed E-state index contributed by atoms with van der Waals surface area (Å²) in [6.45, 7) is 0.248. The molecule has 82 heavy (non-hydrogen) atoms. The zero-order valence-electron chi connectivity index (χ0n) is 44.7. The molecule has 12 aromatic carbocycles. The van der Waals surface area contributed by atoms with E-state index in [1.807, 2.05) is 66.7 Å². The van der Waals surface area contributed by atoms with Crippen molar-refractivity contribution in [2.24, 2.45) is 15.7 Å².